The first-order valence-electron chi connectivity index (χ1n) is 5.62. The summed E-state index contributed by atoms with van der Waals surface area (Å²) in [7, 11) is 0. The van der Waals surface area contributed by atoms with Gasteiger partial charge in [-0.1, -0.05) is 60.7 Å². The Labute approximate surface area is 119 Å². The van der Waals surface area contributed by atoms with Crippen LogP contribution >= 0.6 is 0 Å². The topological polar surface area (TPSA) is 20.2 Å². The third kappa shape index (κ3) is 2.17. The van der Waals surface area contributed by atoms with Crippen LogP contribution in [0.15, 0.2) is 66.7 Å². The summed E-state index contributed by atoms with van der Waals surface area (Å²) >= 11 is 0. The van der Waals surface area contributed by atoms with Crippen LogP contribution in [0.2, 0.25) is 0 Å². The van der Waals surface area contributed by atoms with Crippen molar-refractivity contribution in [3.05, 3.63) is 66.7 Å². The van der Waals surface area contributed by atoms with Crippen LogP contribution in [0.25, 0.3) is 21.9 Å². The Hall–Kier alpha value is -1.64. The van der Waals surface area contributed by atoms with Gasteiger partial charge in [0.05, 0.1) is 0 Å². The van der Waals surface area contributed by atoms with Crippen molar-refractivity contribution >= 4 is 30.6 Å². The molecule has 0 aliphatic heterocycles. The second-order valence-corrected chi connectivity index (χ2v) is 4.04. The van der Waals surface area contributed by atoms with Gasteiger partial charge in [-0.25, -0.2) is 0 Å². The van der Waals surface area contributed by atoms with Crippen molar-refractivity contribution in [1.29, 1.82) is 0 Å². The third-order valence-electron chi connectivity index (χ3n) is 2.98. The van der Waals surface area contributed by atoms with Gasteiger partial charge >= 0.3 is 19.8 Å². The van der Waals surface area contributed by atoms with Gasteiger partial charge in [0.15, 0.2) is 0 Å². The third-order valence-corrected chi connectivity index (χ3v) is 2.98. The first-order valence-corrected chi connectivity index (χ1v) is 5.62. The van der Waals surface area contributed by atoms with Crippen molar-refractivity contribution < 1.29 is 5.11 Å². The average Bonchev–Trinajstić information content (AvgIpc) is 2.39. The second kappa shape index (κ2) is 5.34. The number of fused-ring (bicyclic) bond motifs is 1. The Bertz CT molecular complexity index is 671. The standard InChI is InChI=1S/C16H12O.Ga.3H/c17-16-11-4-3-9-15(16)14-10-5-7-12-6-1-2-8-13(12)14;;;;/h1-11,17H;;;;. The van der Waals surface area contributed by atoms with Gasteiger partial charge in [0.2, 0.25) is 0 Å². The van der Waals surface area contributed by atoms with Crippen molar-refractivity contribution in [1.82, 2.24) is 0 Å². The molecule has 0 heterocycles. The molecule has 0 aromatic heterocycles. The zero-order valence-corrected chi connectivity index (χ0v) is 9.30. The summed E-state index contributed by atoms with van der Waals surface area (Å²) in [6.07, 6.45) is 0. The summed E-state index contributed by atoms with van der Waals surface area (Å²) < 4.78 is 0. The predicted octanol–water partition coefficient (Wildman–Crippen LogP) is 3.03. The van der Waals surface area contributed by atoms with Crippen molar-refractivity contribution in [3.63, 3.8) is 0 Å². The normalized spacial score (nSPS) is 10.0. The molecule has 0 saturated heterocycles. The summed E-state index contributed by atoms with van der Waals surface area (Å²) in [5.41, 5.74) is 1.95. The fourth-order valence-electron chi connectivity index (χ4n) is 2.16. The second-order valence-electron chi connectivity index (χ2n) is 4.04. The minimum atomic E-state index is 0. The monoisotopic (exact) mass is 292 g/mol. The van der Waals surface area contributed by atoms with Gasteiger partial charge in [0.25, 0.3) is 0 Å². The summed E-state index contributed by atoms with van der Waals surface area (Å²) in [5, 5.41) is 12.3. The molecule has 3 aromatic rings. The number of phenols is 1. The number of aromatic hydroxyl groups is 1. The molecule has 88 valence electrons. The van der Waals surface area contributed by atoms with Crippen LogP contribution in [0.3, 0.4) is 0 Å². The molecule has 0 unspecified atom stereocenters. The van der Waals surface area contributed by atoms with E-state index >= 15 is 0 Å². The molecule has 2 heteroatoms. The Kier molecular flexibility index (Phi) is 3.80. The zero-order chi connectivity index (χ0) is 11.7. The van der Waals surface area contributed by atoms with E-state index in [1.54, 1.807) is 6.07 Å². The molecule has 0 aliphatic rings. The maximum atomic E-state index is 9.92. The van der Waals surface area contributed by atoms with E-state index < -0.39 is 0 Å². The van der Waals surface area contributed by atoms with Gasteiger partial charge in [-0.2, -0.15) is 0 Å². The number of hydrogen-bond donors (Lipinski definition) is 1. The molecule has 0 aliphatic carbocycles. The molecule has 0 fully saturated rings. The van der Waals surface area contributed by atoms with Gasteiger partial charge in [-0.05, 0) is 22.4 Å². The molecule has 1 N–H and O–H groups in total. The van der Waals surface area contributed by atoms with Crippen molar-refractivity contribution in [2.45, 2.75) is 0 Å². The molecule has 1 nitrogen and oxygen atoms in total. The molecule has 0 radical (unpaired) electrons. The van der Waals surface area contributed by atoms with Gasteiger partial charge in [-0.3, -0.25) is 0 Å². The van der Waals surface area contributed by atoms with Crippen LogP contribution in [0.4, 0.5) is 0 Å². The number of para-hydroxylation sites is 1. The first-order chi connectivity index (χ1) is 8.36. The molecule has 18 heavy (non-hydrogen) atoms. The van der Waals surface area contributed by atoms with Gasteiger partial charge < -0.3 is 5.11 Å². The molecule has 0 amide bonds. The van der Waals surface area contributed by atoms with Gasteiger partial charge in [0.1, 0.15) is 5.75 Å². The molecule has 0 atom stereocenters. The number of benzene rings is 3. The van der Waals surface area contributed by atoms with E-state index in [0.717, 1.165) is 16.5 Å². The quantitative estimate of drug-likeness (QED) is 0.684. The molecule has 0 spiro atoms. The van der Waals surface area contributed by atoms with E-state index in [-0.39, 0.29) is 19.8 Å². The predicted molar refractivity (Wildman–Crippen MR) is 81.0 cm³/mol. The summed E-state index contributed by atoms with van der Waals surface area (Å²) in [6, 6.07) is 21.8. The molecule has 0 bridgehead atoms. The van der Waals surface area contributed by atoms with Crippen LogP contribution < -0.4 is 0 Å². The Morgan fingerprint density at radius 2 is 1.22 bits per heavy atom. The molecular weight excluding hydrogens is 278 g/mol. The molecular formula is C16H15GaO. The van der Waals surface area contributed by atoms with Crippen molar-refractivity contribution in [2.24, 2.45) is 0 Å². The molecule has 3 rings (SSSR count). The van der Waals surface area contributed by atoms with E-state index in [1.807, 2.05) is 42.5 Å². The van der Waals surface area contributed by atoms with Crippen LogP contribution in [-0.4, -0.2) is 24.9 Å². The van der Waals surface area contributed by atoms with Gasteiger partial charge in [0, 0.05) is 5.56 Å². The SMILES string of the molecule is Oc1ccccc1-c1cccc2ccccc12.[GaH3]. The summed E-state index contributed by atoms with van der Waals surface area (Å²) in [5.74, 6) is 0.323. The maximum absolute atomic E-state index is 9.92. The molecule has 0 saturated carbocycles. The minimum absolute atomic E-state index is 0. The van der Waals surface area contributed by atoms with Crippen LogP contribution in [0.5, 0.6) is 5.75 Å². The van der Waals surface area contributed by atoms with E-state index in [9.17, 15) is 5.11 Å². The molecule has 3 aromatic carbocycles. The average molecular weight is 293 g/mol. The van der Waals surface area contributed by atoms with Gasteiger partial charge in [-0.15, -0.1) is 0 Å². The number of phenolic OH excluding ortho intramolecular Hbond substituents is 1. The van der Waals surface area contributed by atoms with E-state index in [1.165, 1.54) is 5.39 Å². The van der Waals surface area contributed by atoms with Crippen LogP contribution in [0.1, 0.15) is 0 Å². The Balaban J connectivity index is 0.00000120. The van der Waals surface area contributed by atoms with E-state index in [0.29, 0.717) is 5.75 Å². The van der Waals surface area contributed by atoms with Crippen molar-refractivity contribution in [2.75, 3.05) is 0 Å². The summed E-state index contributed by atoms with van der Waals surface area (Å²) in [4.78, 5) is 0. The summed E-state index contributed by atoms with van der Waals surface area (Å²) in [6.45, 7) is 0. The van der Waals surface area contributed by atoms with Crippen LogP contribution in [0, 0.1) is 0 Å². The van der Waals surface area contributed by atoms with Crippen LogP contribution in [-0.2, 0) is 0 Å². The van der Waals surface area contributed by atoms with E-state index in [2.05, 4.69) is 18.2 Å². The fourth-order valence-corrected chi connectivity index (χ4v) is 2.16. The Morgan fingerprint density at radius 1 is 0.611 bits per heavy atom. The fraction of sp³-hybridized carbons (Fsp3) is 0. The first kappa shape index (κ1) is 12.8. The number of rotatable bonds is 1. The zero-order valence-electron chi connectivity index (χ0n) is 9.30. The Morgan fingerprint density at radius 3 is 2.06 bits per heavy atom. The van der Waals surface area contributed by atoms with Crippen molar-refractivity contribution in [3.8, 4) is 16.9 Å². The van der Waals surface area contributed by atoms with E-state index in [4.69, 9.17) is 0 Å². The number of hydrogen-bond acceptors (Lipinski definition) is 1.